The molecule has 2 unspecified atom stereocenters. The Morgan fingerprint density at radius 2 is 2.12 bits per heavy atom. The summed E-state index contributed by atoms with van der Waals surface area (Å²) in [5.74, 6) is 0.942. The summed E-state index contributed by atoms with van der Waals surface area (Å²) in [4.78, 5) is 15.9. The van der Waals surface area contributed by atoms with Crippen LogP contribution < -0.4 is 0 Å². The highest BCUT2D eigenvalue weighted by molar-refractivity contribution is 5.80. The number of rotatable bonds is 5. The maximum absolute atomic E-state index is 11.7. The third kappa shape index (κ3) is 3.17. The molecule has 1 N–H and O–H groups in total. The number of aromatic nitrogens is 2. The molecule has 16 heavy (non-hydrogen) atoms. The van der Waals surface area contributed by atoms with Crippen LogP contribution in [0.1, 0.15) is 31.8 Å². The van der Waals surface area contributed by atoms with Gasteiger partial charge in [0.2, 0.25) is 0 Å². The van der Waals surface area contributed by atoms with E-state index < -0.39 is 6.10 Å². The number of Topliss-reactive ketones (excluding diaryl/α,β-unsaturated/α-hetero) is 1. The summed E-state index contributed by atoms with van der Waals surface area (Å²) < 4.78 is 2.03. The number of carbonyl (C=O) groups is 1. The molecule has 0 saturated carbocycles. The summed E-state index contributed by atoms with van der Waals surface area (Å²) in [6.07, 6.45) is 1.48. The Morgan fingerprint density at radius 1 is 1.50 bits per heavy atom. The van der Waals surface area contributed by atoms with Gasteiger partial charge in [-0.25, -0.2) is 4.98 Å². The predicted molar refractivity (Wildman–Crippen MR) is 62.2 cm³/mol. The zero-order chi connectivity index (χ0) is 12.3. The van der Waals surface area contributed by atoms with Crippen LogP contribution in [-0.4, -0.2) is 26.5 Å². The van der Waals surface area contributed by atoms with Gasteiger partial charge in [0, 0.05) is 30.8 Å². The van der Waals surface area contributed by atoms with Gasteiger partial charge in [-0.2, -0.15) is 0 Å². The minimum absolute atomic E-state index is 0.0822. The molecule has 1 heterocycles. The van der Waals surface area contributed by atoms with Crippen molar-refractivity contribution in [3.8, 4) is 0 Å². The SMILES string of the molecule is Cc1cnc(C)n1CC(C)C(=O)CC(C)O. The second-order valence-corrected chi connectivity index (χ2v) is 4.48. The molecule has 0 saturated heterocycles. The van der Waals surface area contributed by atoms with E-state index in [9.17, 15) is 4.79 Å². The molecule has 90 valence electrons. The first kappa shape index (κ1) is 12.9. The van der Waals surface area contributed by atoms with Crippen molar-refractivity contribution >= 4 is 5.78 Å². The number of nitrogens with zero attached hydrogens (tertiary/aromatic N) is 2. The molecule has 1 rings (SSSR count). The lowest BCUT2D eigenvalue weighted by molar-refractivity contribution is -0.124. The van der Waals surface area contributed by atoms with Crippen LogP contribution in [0.15, 0.2) is 6.20 Å². The lowest BCUT2D eigenvalue weighted by Crippen LogP contribution is -2.22. The van der Waals surface area contributed by atoms with E-state index in [-0.39, 0.29) is 18.1 Å². The molecule has 4 heteroatoms. The summed E-state index contributed by atoms with van der Waals surface area (Å²) in [5, 5.41) is 9.17. The highest BCUT2D eigenvalue weighted by atomic mass is 16.3. The molecule has 0 aliphatic carbocycles. The van der Waals surface area contributed by atoms with Crippen molar-refractivity contribution in [3.63, 3.8) is 0 Å². The monoisotopic (exact) mass is 224 g/mol. The number of carbonyl (C=O) groups excluding carboxylic acids is 1. The van der Waals surface area contributed by atoms with Crippen LogP contribution in [-0.2, 0) is 11.3 Å². The van der Waals surface area contributed by atoms with Crippen LogP contribution in [0.5, 0.6) is 0 Å². The Kier molecular flexibility index (Phi) is 4.24. The van der Waals surface area contributed by atoms with E-state index >= 15 is 0 Å². The fourth-order valence-electron chi connectivity index (χ4n) is 1.73. The Morgan fingerprint density at radius 3 is 2.56 bits per heavy atom. The van der Waals surface area contributed by atoms with Crippen molar-refractivity contribution in [2.24, 2.45) is 5.92 Å². The van der Waals surface area contributed by atoms with Crippen molar-refractivity contribution < 1.29 is 9.90 Å². The number of hydrogen-bond donors (Lipinski definition) is 1. The first-order chi connectivity index (χ1) is 7.41. The molecular weight excluding hydrogens is 204 g/mol. The maximum Gasteiger partial charge on any atom is 0.140 e. The second kappa shape index (κ2) is 5.25. The van der Waals surface area contributed by atoms with Gasteiger partial charge in [-0.3, -0.25) is 4.79 Å². The molecule has 2 atom stereocenters. The van der Waals surface area contributed by atoms with E-state index in [2.05, 4.69) is 4.98 Å². The van der Waals surface area contributed by atoms with Crippen LogP contribution in [0.25, 0.3) is 0 Å². The topological polar surface area (TPSA) is 55.1 Å². The number of ketones is 1. The van der Waals surface area contributed by atoms with Gasteiger partial charge in [-0.05, 0) is 20.8 Å². The fourth-order valence-corrected chi connectivity index (χ4v) is 1.73. The number of aryl methyl sites for hydroxylation is 2. The van der Waals surface area contributed by atoms with E-state index in [1.165, 1.54) is 0 Å². The minimum atomic E-state index is -0.556. The molecule has 0 radical (unpaired) electrons. The van der Waals surface area contributed by atoms with Crippen LogP contribution in [0, 0.1) is 19.8 Å². The Labute approximate surface area is 96.3 Å². The smallest absolute Gasteiger partial charge is 0.140 e. The molecule has 0 aliphatic rings. The molecule has 4 nitrogen and oxygen atoms in total. The zero-order valence-corrected chi connectivity index (χ0v) is 10.4. The normalized spacial score (nSPS) is 14.8. The molecule has 0 amide bonds. The number of aliphatic hydroxyl groups excluding tert-OH is 1. The molecular formula is C12H20N2O2. The predicted octanol–water partition coefficient (Wildman–Crippen LogP) is 1.48. The van der Waals surface area contributed by atoms with Crippen molar-refractivity contribution in [1.82, 2.24) is 9.55 Å². The van der Waals surface area contributed by atoms with Crippen LogP contribution in [0.2, 0.25) is 0 Å². The van der Waals surface area contributed by atoms with Gasteiger partial charge >= 0.3 is 0 Å². The molecule has 0 spiro atoms. The van der Waals surface area contributed by atoms with Gasteiger partial charge in [0.1, 0.15) is 11.6 Å². The first-order valence-corrected chi connectivity index (χ1v) is 5.61. The fraction of sp³-hybridized carbons (Fsp3) is 0.667. The van der Waals surface area contributed by atoms with Crippen molar-refractivity contribution in [2.75, 3.05) is 0 Å². The Hall–Kier alpha value is -1.16. The lowest BCUT2D eigenvalue weighted by Gasteiger charge is -2.14. The average Bonchev–Trinajstić information content (AvgIpc) is 2.48. The summed E-state index contributed by atoms with van der Waals surface area (Å²) in [7, 11) is 0. The van der Waals surface area contributed by atoms with Gasteiger partial charge in [0.15, 0.2) is 0 Å². The van der Waals surface area contributed by atoms with E-state index in [4.69, 9.17) is 5.11 Å². The number of aliphatic hydroxyl groups is 1. The Bertz CT molecular complexity index is 350. The van der Waals surface area contributed by atoms with E-state index in [1.54, 1.807) is 13.1 Å². The zero-order valence-electron chi connectivity index (χ0n) is 10.4. The average molecular weight is 224 g/mol. The number of hydrogen-bond acceptors (Lipinski definition) is 3. The third-order valence-corrected chi connectivity index (χ3v) is 2.76. The molecule has 1 aromatic heterocycles. The summed E-state index contributed by atoms with van der Waals surface area (Å²) in [5.41, 5.74) is 1.06. The van der Waals surface area contributed by atoms with Gasteiger partial charge in [0.05, 0.1) is 6.10 Å². The van der Waals surface area contributed by atoms with Crippen molar-refractivity contribution in [3.05, 3.63) is 17.7 Å². The van der Waals surface area contributed by atoms with Gasteiger partial charge in [-0.15, -0.1) is 0 Å². The third-order valence-electron chi connectivity index (χ3n) is 2.76. The van der Waals surface area contributed by atoms with Crippen LogP contribution >= 0.6 is 0 Å². The first-order valence-electron chi connectivity index (χ1n) is 5.61. The highest BCUT2D eigenvalue weighted by Crippen LogP contribution is 2.11. The van der Waals surface area contributed by atoms with Gasteiger partial charge < -0.3 is 9.67 Å². The second-order valence-electron chi connectivity index (χ2n) is 4.48. The summed E-state index contributed by atoms with van der Waals surface area (Å²) >= 11 is 0. The number of imidazole rings is 1. The van der Waals surface area contributed by atoms with Crippen molar-refractivity contribution in [2.45, 2.75) is 46.8 Å². The van der Waals surface area contributed by atoms with E-state index in [0.717, 1.165) is 11.5 Å². The lowest BCUT2D eigenvalue weighted by atomic mass is 10.0. The minimum Gasteiger partial charge on any atom is -0.393 e. The standard InChI is InChI=1S/C12H20N2O2/c1-8(12(16)5-10(3)15)7-14-9(2)6-13-11(14)4/h6,8,10,15H,5,7H2,1-4H3. The van der Waals surface area contributed by atoms with E-state index in [0.29, 0.717) is 6.54 Å². The van der Waals surface area contributed by atoms with Gasteiger partial charge in [-0.1, -0.05) is 6.92 Å². The van der Waals surface area contributed by atoms with Crippen LogP contribution in [0.3, 0.4) is 0 Å². The molecule has 0 aliphatic heterocycles. The molecule has 0 bridgehead atoms. The largest absolute Gasteiger partial charge is 0.393 e. The Balaban J connectivity index is 2.64. The summed E-state index contributed by atoms with van der Waals surface area (Å²) in [6.45, 7) is 8.08. The summed E-state index contributed by atoms with van der Waals surface area (Å²) in [6, 6.07) is 0. The maximum atomic E-state index is 11.7. The van der Waals surface area contributed by atoms with Crippen LogP contribution in [0.4, 0.5) is 0 Å². The molecule has 0 aromatic carbocycles. The van der Waals surface area contributed by atoms with Gasteiger partial charge in [0.25, 0.3) is 0 Å². The molecule has 1 aromatic rings. The highest BCUT2D eigenvalue weighted by Gasteiger charge is 2.17. The van der Waals surface area contributed by atoms with Crippen molar-refractivity contribution in [1.29, 1.82) is 0 Å². The van der Waals surface area contributed by atoms with E-state index in [1.807, 2.05) is 25.3 Å². The quantitative estimate of drug-likeness (QED) is 0.824. The molecule has 0 fully saturated rings.